The van der Waals surface area contributed by atoms with E-state index >= 15 is 0 Å². The van der Waals surface area contributed by atoms with Crippen molar-refractivity contribution in [2.24, 2.45) is 0 Å². The van der Waals surface area contributed by atoms with E-state index in [0.717, 1.165) is 28.6 Å². The molecule has 0 fully saturated rings. The summed E-state index contributed by atoms with van der Waals surface area (Å²) in [5, 5.41) is 0.873. The molecule has 0 amide bonds. The predicted molar refractivity (Wildman–Crippen MR) is 113 cm³/mol. The van der Waals surface area contributed by atoms with Crippen molar-refractivity contribution >= 4 is 16.9 Å². The Bertz CT molecular complexity index is 1120. The van der Waals surface area contributed by atoms with Crippen LogP contribution in [0.4, 0.5) is 0 Å². The number of nitrogens with zero attached hydrogens (tertiary/aromatic N) is 1. The van der Waals surface area contributed by atoms with Gasteiger partial charge in [-0.3, -0.25) is 9.69 Å². The molecular formula is C24H25NO5. The maximum atomic E-state index is 12.1. The van der Waals surface area contributed by atoms with Gasteiger partial charge in [-0.1, -0.05) is 30.3 Å². The van der Waals surface area contributed by atoms with Crippen molar-refractivity contribution in [3.63, 3.8) is 0 Å². The quantitative estimate of drug-likeness (QED) is 0.455. The highest BCUT2D eigenvalue weighted by molar-refractivity contribution is 5.86. The van der Waals surface area contributed by atoms with Gasteiger partial charge in [0.1, 0.15) is 18.1 Å². The fourth-order valence-electron chi connectivity index (χ4n) is 3.91. The Morgan fingerprint density at radius 3 is 2.77 bits per heavy atom. The molecular weight excluding hydrogens is 382 g/mol. The van der Waals surface area contributed by atoms with E-state index in [1.54, 1.807) is 6.92 Å². The van der Waals surface area contributed by atoms with E-state index in [9.17, 15) is 9.59 Å². The van der Waals surface area contributed by atoms with Gasteiger partial charge in [-0.2, -0.15) is 0 Å². The summed E-state index contributed by atoms with van der Waals surface area (Å²) in [6.07, 6.45) is 0.785. The number of aryl methyl sites for hydroxylation is 2. The van der Waals surface area contributed by atoms with Crippen LogP contribution in [0.15, 0.2) is 51.7 Å². The van der Waals surface area contributed by atoms with E-state index in [-0.39, 0.29) is 18.0 Å². The molecule has 0 spiro atoms. The number of rotatable bonds is 6. The van der Waals surface area contributed by atoms with Crippen molar-refractivity contribution in [1.29, 1.82) is 0 Å². The van der Waals surface area contributed by atoms with Crippen molar-refractivity contribution in [3.05, 3.63) is 75.1 Å². The van der Waals surface area contributed by atoms with Crippen LogP contribution in [0.1, 0.15) is 35.6 Å². The number of fused-ring (bicyclic) bond motifs is 3. The molecule has 0 radical (unpaired) electrons. The molecule has 6 heteroatoms. The van der Waals surface area contributed by atoms with Crippen molar-refractivity contribution in [2.75, 3.05) is 13.3 Å². The third-order valence-electron chi connectivity index (χ3n) is 5.29. The summed E-state index contributed by atoms with van der Waals surface area (Å²) in [5.74, 6) is 0.481. The van der Waals surface area contributed by atoms with E-state index in [1.807, 2.05) is 31.2 Å². The lowest BCUT2D eigenvalue weighted by Crippen LogP contribution is -2.32. The summed E-state index contributed by atoms with van der Waals surface area (Å²) in [6.45, 7) is 5.81. The molecule has 0 bridgehead atoms. The van der Waals surface area contributed by atoms with Crippen LogP contribution in [0, 0.1) is 6.92 Å². The van der Waals surface area contributed by atoms with Gasteiger partial charge in [-0.25, -0.2) is 4.79 Å². The van der Waals surface area contributed by atoms with Gasteiger partial charge in [0.05, 0.1) is 12.2 Å². The molecule has 2 heterocycles. The number of esters is 1. The van der Waals surface area contributed by atoms with E-state index < -0.39 is 0 Å². The molecule has 0 atom stereocenters. The van der Waals surface area contributed by atoms with Gasteiger partial charge in [0.2, 0.25) is 0 Å². The Labute approximate surface area is 175 Å². The fraction of sp³-hybridized carbons (Fsp3) is 0.333. The summed E-state index contributed by atoms with van der Waals surface area (Å²) in [4.78, 5) is 26.1. The number of ether oxygens (including phenoxy) is 2. The summed E-state index contributed by atoms with van der Waals surface area (Å²) in [6, 6.07) is 13.6. The Kier molecular flexibility index (Phi) is 5.86. The monoisotopic (exact) mass is 407 g/mol. The molecule has 156 valence electrons. The number of benzene rings is 2. The summed E-state index contributed by atoms with van der Waals surface area (Å²) in [5.41, 5.74) is 4.01. The minimum atomic E-state index is -0.373. The van der Waals surface area contributed by atoms with Gasteiger partial charge in [-0.05, 0) is 43.0 Å². The molecule has 4 rings (SSSR count). The first-order valence-electron chi connectivity index (χ1n) is 10.2. The average molecular weight is 407 g/mol. The molecule has 3 aromatic rings. The lowest BCUT2D eigenvalue weighted by Gasteiger charge is -2.31. The number of hydrogen-bond acceptors (Lipinski definition) is 6. The van der Waals surface area contributed by atoms with Crippen molar-refractivity contribution in [1.82, 2.24) is 4.90 Å². The lowest BCUT2D eigenvalue weighted by molar-refractivity contribution is -0.143. The third kappa shape index (κ3) is 4.24. The zero-order chi connectivity index (χ0) is 21.1. The molecule has 1 aliphatic heterocycles. The van der Waals surface area contributed by atoms with Crippen LogP contribution < -0.4 is 10.4 Å². The standard InChI is InChI=1S/C24H25NO5/c1-3-28-21(26)10-9-18-12-19-16(2)11-22(27)30-24(19)20-14-25(15-29-23(18)20)13-17-7-5-4-6-8-17/h4-8,11-12H,3,9-10,13-15H2,1-2H3. The third-order valence-corrected chi connectivity index (χ3v) is 5.29. The van der Waals surface area contributed by atoms with Crippen LogP contribution in [-0.2, 0) is 29.0 Å². The molecule has 30 heavy (non-hydrogen) atoms. The minimum Gasteiger partial charge on any atom is -0.477 e. The molecule has 6 nitrogen and oxygen atoms in total. The van der Waals surface area contributed by atoms with Crippen LogP contribution >= 0.6 is 0 Å². The van der Waals surface area contributed by atoms with Gasteiger partial charge in [0, 0.05) is 31.0 Å². The highest BCUT2D eigenvalue weighted by Gasteiger charge is 2.25. The van der Waals surface area contributed by atoms with Gasteiger partial charge < -0.3 is 13.9 Å². The first kappa shape index (κ1) is 20.2. The van der Waals surface area contributed by atoms with Crippen LogP contribution in [-0.4, -0.2) is 24.2 Å². The van der Waals surface area contributed by atoms with Crippen molar-refractivity contribution < 1.29 is 18.7 Å². The zero-order valence-corrected chi connectivity index (χ0v) is 17.3. The highest BCUT2D eigenvalue weighted by Crippen LogP contribution is 2.37. The Morgan fingerprint density at radius 1 is 1.20 bits per heavy atom. The lowest BCUT2D eigenvalue weighted by atomic mass is 9.97. The molecule has 0 N–H and O–H groups in total. The second kappa shape index (κ2) is 8.71. The number of hydrogen-bond donors (Lipinski definition) is 0. The predicted octanol–water partition coefficient (Wildman–Crippen LogP) is 3.95. The summed E-state index contributed by atoms with van der Waals surface area (Å²) >= 11 is 0. The van der Waals surface area contributed by atoms with Gasteiger partial charge in [0.15, 0.2) is 0 Å². The van der Waals surface area contributed by atoms with Crippen molar-refractivity contribution in [3.8, 4) is 5.75 Å². The SMILES string of the molecule is CCOC(=O)CCc1cc2c(C)cc(=O)oc2c2c1OCN(Cc1ccccc1)C2. The molecule has 0 saturated heterocycles. The molecule has 1 aromatic heterocycles. The summed E-state index contributed by atoms with van der Waals surface area (Å²) in [7, 11) is 0. The van der Waals surface area contributed by atoms with Gasteiger partial charge in [-0.15, -0.1) is 0 Å². The zero-order valence-electron chi connectivity index (χ0n) is 17.3. The second-order valence-electron chi connectivity index (χ2n) is 7.52. The van der Waals surface area contributed by atoms with E-state index in [0.29, 0.717) is 37.6 Å². The maximum absolute atomic E-state index is 12.1. The second-order valence-corrected chi connectivity index (χ2v) is 7.52. The average Bonchev–Trinajstić information content (AvgIpc) is 2.73. The maximum Gasteiger partial charge on any atom is 0.336 e. The van der Waals surface area contributed by atoms with Crippen LogP contribution in [0.5, 0.6) is 5.75 Å². The van der Waals surface area contributed by atoms with E-state index in [1.165, 1.54) is 11.6 Å². The molecule has 0 aliphatic carbocycles. The molecule has 2 aromatic carbocycles. The first-order valence-corrected chi connectivity index (χ1v) is 10.2. The van der Waals surface area contributed by atoms with Gasteiger partial charge >= 0.3 is 11.6 Å². The highest BCUT2D eigenvalue weighted by atomic mass is 16.5. The number of carbonyl (C=O) groups excluding carboxylic acids is 1. The van der Waals surface area contributed by atoms with Crippen LogP contribution in [0.3, 0.4) is 0 Å². The Morgan fingerprint density at radius 2 is 2.00 bits per heavy atom. The smallest absolute Gasteiger partial charge is 0.336 e. The minimum absolute atomic E-state index is 0.232. The Hall–Kier alpha value is -3.12. The van der Waals surface area contributed by atoms with E-state index in [4.69, 9.17) is 13.9 Å². The van der Waals surface area contributed by atoms with Gasteiger partial charge in [0.25, 0.3) is 0 Å². The largest absolute Gasteiger partial charge is 0.477 e. The fourth-order valence-corrected chi connectivity index (χ4v) is 3.91. The first-order chi connectivity index (χ1) is 14.5. The molecule has 0 saturated carbocycles. The normalized spacial score (nSPS) is 13.7. The number of carbonyl (C=O) groups is 1. The van der Waals surface area contributed by atoms with Crippen LogP contribution in [0.25, 0.3) is 11.0 Å². The van der Waals surface area contributed by atoms with Crippen molar-refractivity contribution in [2.45, 2.75) is 39.8 Å². The Balaban J connectivity index is 1.71. The van der Waals surface area contributed by atoms with E-state index in [2.05, 4.69) is 17.0 Å². The van der Waals surface area contributed by atoms with Crippen LogP contribution in [0.2, 0.25) is 0 Å². The topological polar surface area (TPSA) is 69.0 Å². The summed E-state index contributed by atoms with van der Waals surface area (Å²) < 4.78 is 16.8. The molecule has 0 unspecified atom stereocenters. The molecule has 1 aliphatic rings.